The zero-order valence-electron chi connectivity index (χ0n) is 13.3. The van der Waals surface area contributed by atoms with Crippen LogP contribution in [0.2, 0.25) is 0 Å². The SMILES string of the molecule is CCCn1cc(NC2CC(C)CC(C)(C)C2)ccc1=O. The molecule has 20 heavy (non-hydrogen) atoms. The summed E-state index contributed by atoms with van der Waals surface area (Å²) in [6, 6.07) is 4.11. The molecule has 2 rings (SSSR count). The first-order valence-corrected chi connectivity index (χ1v) is 7.86. The van der Waals surface area contributed by atoms with Gasteiger partial charge in [-0.25, -0.2) is 0 Å². The molecule has 0 bridgehead atoms. The van der Waals surface area contributed by atoms with Crippen LogP contribution in [-0.2, 0) is 6.54 Å². The summed E-state index contributed by atoms with van der Waals surface area (Å²) >= 11 is 0. The van der Waals surface area contributed by atoms with Crippen molar-refractivity contribution in [3.8, 4) is 0 Å². The lowest BCUT2D eigenvalue weighted by atomic mass is 9.70. The number of anilines is 1. The molecule has 0 spiro atoms. The van der Waals surface area contributed by atoms with E-state index in [0.29, 0.717) is 11.5 Å². The lowest BCUT2D eigenvalue weighted by Crippen LogP contribution is -2.35. The Bertz CT molecular complexity index is 504. The Morgan fingerprint density at radius 1 is 1.35 bits per heavy atom. The average Bonchev–Trinajstić information content (AvgIpc) is 2.31. The van der Waals surface area contributed by atoms with Gasteiger partial charge in [0.15, 0.2) is 0 Å². The smallest absolute Gasteiger partial charge is 0.250 e. The molecule has 1 aliphatic rings. The van der Waals surface area contributed by atoms with Crippen molar-refractivity contribution in [3.63, 3.8) is 0 Å². The van der Waals surface area contributed by atoms with Gasteiger partial charge in [-0.1, -0.05) is 27.7 Å². The molecular weight excluding hydrogens is 248 g/mol. The summed E-state index contributed by atoms with van der Waals surface area (Å²) in [5, 5.41) is 3.63. The minimum Gasteiger partial charge on any atom is -0.381 e. The largest absolute Gasteiger partial charge is 0.381 e. The maximum atomic E-state index is 11.7. The van der Waals surface area contributed by atoms with Crippen LogP contribution in [0.25, 0.3) is 0 Å². The summed E-state index contributed by atoms with van der Waals surface area (Å²) < 4.78 is 1.81. The fraction of sp³-hybridized carbons (Fsp3) is 0.706. The number of aryl methyl sites for hydroxylation is 1. The van der Waals surface area contributed by atoms with E-state index in [4.69, 9.17) is 0 Å². The molecule has 1 N–H and O–H groups in total. The van der Waals surface area contributed by atoms with Gasteiger partial charge in [0.2, 0.25) is 0 Å². The topological polar surface area (TPSA) is 34.0 Å². The molecular formula is C17H28N2O. The van der Waals surface area contributed by atoms with Crippen LogP contribution < -0.4 is 10.9 Å². The molecule has 1 fully saturated rings. The molecule has 0 aliphatic heterocycles. The van der Waals surface area contributed by atoms with Gasteiger partial charge in [-0.3, -0.25) is 4.79 Å². The second-order valence-corrected chi connectivity index (χ2v) is 7.20. The number of nitrogens with one attached hydrogen (secondary N) is 1. The predicted molar refractivity (Wildman–Crippen MR) is 85.2 cm³/mol. The molecule has 0 saturated heterocycles. The van der Waals surface area contributed by atoms with E-state index >= 15 is 0 Å². The molecule has 0 radical (unpaired) electrons. The summed E-state index contributed by atoms with van der Waals surface area (Å²) in [4.78, 5) is 11.7. The maximum absolute atomic E-state index is 11.7. The molecule has 1 aromatic rings. The van der Waals surface area contributed by atoms with Crippen molar-refractivity contribution in [1.29, 1.82) is 0 Å². The monoisotopic (exact) mass is 276 g/mol. The van der Waals surface area contributed by atoms with Gasteiger partial charge in [-0.2, -0.15) is 0 Å². The van der Waals surface area contributed by atoms with Crippen LogP contribution in [-0.4, -0.2) is 10.6 Å². The molecule has 1 saturated carbocycles. The number of hydrogen-bond acceptors (Lipinski definition) is 2. The summed E-state index contributed by atoms with van der Waals surface area (Å²) in [5.74, 6) is 0.762. The third-order valence-electron chi connectivity index (χ3n) is 4.21. The molecule has 2 atom stereocenters. The van der Waals surface area contributed by atoms with Crippen LogP contribution in [0.3, 0.4) is 0 Å². The third kappa shape index (κ3) is 3.87. The summed E-state index contributed by atoms with van der Waals surface area (Å²) in [6.45, 7) is 9.94. The zero-order valence-corrected chi connectivity index (χ0v) is 13.3. The Balaban J connectivity index is 2.09. The molecule has 112 valence electrons. The van der Waals surface area contributed by atoms with E-state index < -0.39 is 0 Å². The van der Waals surface area contributed by atoms with E-state index in [1.165, 1.54) is 19.3 Å². The van der Waals surface area contributed by atoms with E-state index in [1.54, 1.807) is 10.6 Å². The van der Waals surface area contributed by atoms with Crippen LogP contribution in [0, 0.1) is 11.3 Å². The van der Waals surface area contributed by atoms with E-state index in [9.17, 15) is 4.79 Å². The van der Waals surface area contributed by atoms with Crippen molar-refractivity contribution in [2.45, 2.75) is 66.0 Å². The first-order valence-electron chi connectivity index (χ1n) is 7.86. The van der Waals surface area contributed by atoms with Crippen molar-refractivity contribution >= 4 is 5.69 Å². The maximum Gasteiger partial charge on any atom is 0.250 e. The highest BCUT2D eigenvalue weighted by Gasteiger charge is 2.31. The van der Waals surface area contributed by atoms with Crippen molar-refractivity contribution in [2.75, 3.05) is 5.32 Å². The number of pyridine rings is 1. The van der Waals surface area contributed by atoms with Crippen LogP contribution in [0.4, 0.5) is 5.69 Å². The number of hydrogen-bond donors (Lipinski definition) is 1. The van der Waals surface area contributed by atoms with E-state index in [1.807, 2.05) is 12.3 Å². The molecule has 0 aromatic carbocycles. The van der Waals surface area contributed by atoms with E-state index in [2.05, 4.69) is 33.0 Å². The molecule has 1 heterocycles. The predicted octanol–water partition coefficient (Wildman–Crippen LogP) is 3.89. The van der Waals surface area contributed by atoms with Crippen LogP contribution in [0.5, 0.6) is 0 Å². The Labute approximate surface area is 122 Å². The van der Waals surface area contributed by atoms with Crippen molar-refractivity contribution in [2.24, 2.45) is 11.3 Å². The van der Waals surface area contributed by atoms with Gasteiger partial charge >= 0.3 is 0 Å². The van der Waals surface area contributed by atoms with E-state index in [0.717, 1.165) is 24.6 Å². The number of nitrogens with zero attached hydrogens (tertiary/aromatic N) is 1. The highest BCUT2D eigenvalue weighted by Crippen LogP contribution is 2.39. The third-order valence-corrected chi connectivity index (χ3v) is 4.21. The van der Waals surface area contributed by atoms with Crippen molar-refractivity contribution in [3.05, 3.63) is 28.7 Å². The fourth-order valence-electron chi connectivity index (χ4n) is 3.72. The molecule has 3 heteroatoms. The van der Waals surface area contributed by atoms with Gasteiger partial charge in [0.25, 0.3) is 5.56 Å². The highest BCUT2D eigenvalue weighted by atomic mass is 16.1. The Morgan fingerprint density at radius 3 is 2.75 bits per heavy atom. The van der Waals surface area contributed by atoms with Gasteiger partial charge in [0, 0.05) is 24.8 Å². The Morgan fingerprint density at radius 2 is 2.10 bits per heavy atom. The highest BCUT2D eigenvalue weighted by molar-refractivity contribution is 5.41. The van der Waals surface area contributed by atoms with Crippen LogP contribution in [0.1, 0.15) is 53.4 Å². The second kappa shape index (κ2) is 6.02. The Kier molecular flexibility index (Phi) is 4.56. The van der Waals surface area contributed by atoms with Gasteiger partial charge in [0.05, 0.1) is 5.69 Å². The van der Waals surface area contributed by atoms with Crippen LogP contribution >= 0.6 is 0 Å². The summed E-state index contributed by atoms with van der Waals surface area (Å²) in [7, 11) is 0. The second-order valence-electron chi connectivity index (χ2n) is 7.20. The van der Waals surface area contributed by atoms with Gasteiger partial charge in [0.1, 0.15) is 0 Å². The lowest BCUT2D eigenvalue weighted by Gasteiger charge is -2.39. The fourth-order valence-corrected chi connectivity index (χ4v) is 3.72. The van der Waals surface area contributed by atoms with E-state index in [-0.39, 0.29) is 5.56 Å². The minimum absolute atomic E-state index is 0.0924. The quantitative estimate of drug-likeness (QED) is 0.905. The molecule has 1 aliphatic carbocycles. The average molecular weight is 276 g/mol. The van der Waals surface area contributed by atoms with Gasteiger partial charge in [-0.05, 0) is 43.1 Å². The number of rotatable bonds is 4. The molecule has 1 aromatic heterocycles. The number of aromatic nitrogens is 1. The molecule has 3 nitrogen and oxygen atoms in total. The molecule has 0 amide bonds. The van der Waals surface area contributed by atoms with Gasteiger partial charge in [-0.15, -0.1) is 0 Å². The first-order chi connectivity index (χ1) is 9.39. The molecule has 2 unspecified atom stereocenters. The van der Waals surface area contributed by atoms with Crippen LogP contribution in [0.15, 0.2) is 23.1 Å². The zero-order chi connectivity index (χ0) is 14.8. The normalized spacial score (nSPS) is 25.4. The summed E-state index contributed by atoms with van der Waals surface area (Å²) in [5.41, 5.74) is 1.58. The van der Waals surface area contributed by atoms with Gasteiger partial charge < -0.3 is 9.88 Å². The van der Waals surface area contributed by atoms with Crippen molar-refractivity contribution < 1.29 is 0 Å². The summed E-state index contributed by atoms with van der Waals surface area (Å²) in [6.07, 6.45) is 6.68. The standard InChI is InChI=1S/C17H28N2O/c1-5-8-19-12-14(6-7-16(19)20)18-15-9-13(2)10-17(3,4)11-15/h6-7,12-13,15,18H,5,8-11H2,1-4H3. The lowest BCUT2D eigenvalue weighted by molar-refractivity contribution is 0.178. The first kappa shape index (κ1) is 15.1. The van der Waals surface area contributed by atoms with Crippen molar-refractivity contribution in [1.82, 2.24) is 4.57 Å². The minimum atomic E-state index is 0.0924. The Hall–Kier alpha value is -1.25.